The van der Waals surface area contributed by atoms with Crippen LogP contribution in [0.5, 0.6) is 0 Å². The summed E-state index contributed by atoms with van der Waals surface area (Å²) >= 11 is 0. The average molecular weight is 445 g/mol. The van der Waals surface area contributed by atoms with Gasteiger partial charge in [0.2, 0.25) is 0 Å². The molecule has 1 unspecified atom stereocenters. The molecule has 3 fully saturated rings. The molecule has 4 aliphatic carbocycles. The predicted octanol–water partition coefficient (Wildman–Crippen LogP) is 4.94. The van der Waals surface area contributed by atoms with Crippen molar-refractivity contribution in [2.45, 2.75) is 110 Å². The minimum atomic E-state index is -1.23. The van der Waals surface area contributed by atoms with Crippen LogP contribution in [0.1, 0.15) is 98.3 Å². The molecule has 3 saturated carbocycles. The number of carbonyl (C=O) groups excluding carboxylic acids is 3. The molecule has 0 spiro atoms. The zero-order valence-corrected chi connectivity index (χ0v) is 20.2. The number of ketones is 2. The van der Waals surface area contributed by atoms with Crippen LogP contribution in [-0.2, 0) is 19.1 Å². The second-order valence-corrected chi connectivity index (χ2v) is 11.4. The van der Waals surface area contributed by atoms with Crippen molar-refractivity contribution in [2.24, 2.45) is 28.6 Å². The van der Waals surface area contributed by atoms with E-state index in [-0.39, 0.29) is 35.3 Å². The van der Waals surface area contributed by atoms with Gasteiger partial charge >= 0.3 is 5.97 Å². The molecule has 0 radical (unpaired) electrons. The highest BCUT2D eigenvalue weighted by molar-refractivity contribution is 5.92. The Labute approximate surface area is 192 Å². The lowest BCUT2D eigenvalue weighted by Crippen LogP contribution is -2.59. The summed E-state index contributed by atoms with van der Waals surface area (Å²) in [5.41, 5.74) is -0.818. The molecule has 5 heteroatoms. The van der Waals surface area contributed by atoms with Gasteiger partial charge in [0, 0.05) is 23.7 Å². The number of hydrogen-bond donors (Lipinski definition) is 1. The van der Waals surface area contributed by atoms with Crippen molar-refractivity contribution in [1.29, 1.82) is 0 Å². The van der Waals surface area contributed by atoms with Crippen LogP contribution >= 0.6 is 0 Å². The molecular formula is C27H40O5. The van der Waals surface area contributed by atoms with E-state index in [1.807, 2.05) is 6.08 Å². The highest BCUT2D eigenvalue weighted by Gasteiger charge is 2.66. The van der Waals surface area contributed by atoms with Gasteiger partial charge in [0.15, 0.2) is 11.6 Å². The molecule has 4 rings (SSSR count). The van der Waals surface area contributed by atoms with Gasteiger partial charge in [-0.15, -0.1) is 0 Å². The van der Waals surface area contributed by atoms with E-state index in [0.29, 0.717) is 24.7 Å². The monoisotopic (exact) mass is 444 g/mol. The first kappa shape index (κ1) is 23.7. The molecule has 5 nitrogen and oxygen atoms in total. The van der Waals surface area contributed by atoms with E-state index in [9.17, 15) is 19.5 Å². The summed E-state index contributed by atoms with van der Waals surface area (Å²) < 4.78 is 6.04. The normalized spacial score (nSPS) is 43.0. The molecule has 0 bridgehead atoms. The molecule has 0 aromatic rings. The molecule has 0 aliphatic heterocycles. The number of carbonyl (C=O) groups is 3. The molecule has 0 amide bonds. The third kappa shape index (κ3) is 3.41. The predicted molar refractivity (Wildman–Crippen MR) is 122 cm³/mol. The summed E-state index contributed by atoms with van der Waals surface area (Å²) in [6, 6.07) is 0. The third-order valence-corrected chi connectivity index (χ3v) is 10.0. The van der Waals surface area contributed by atoms with Gasteiger partial charge in [-0.1, -0.05) is 39.2 Å². The molecule has 32 heavy (non-hydrogen) atoms. The van der Waals surface area contributed by atoms with Crippen molar-refractivity contribution < 1.29 is 24.2 Å². The second kappa shape index (κ2) is 8.38. The summed E-state index contributed by atoms with van der Waals surface area (Å²) in [4.78, 5) is 37.6. The van der Waals surface area contributed by atoms with Crippen LogP contribution in [0.15, 0.2) is 11.6 Å². The Bertz CT molecular complexity index is 830. The van der Waals surface area contributed by atoms with Crippen LogP contribution in [0.4, 0.5) is 0 Å². The van der Waals surface area contributed by atoms with E-state index in [1.54, 1.807) is 0 Å². The summed E-state index contributed by atoms with van der Waals surface area (Å²) in [6.07, 6.45) is 9.87. The van der Waals surface area contributed by atoms with Gasteiger partial charge in [-0.3, -0.25) is 14.4 Å². The number of ether oxygens (including phenoxy) is 1. The molecule has 7 atom stereocenters. The van der Waals surface area contributed by atoms with Gasteiger partial charge in [0.25, 0.3) is 0 Å². The van der Waals surface area contributed by atoms with Crippen LogP contribution < -0.4 is 0 Å². The quantitative estimate of drug-likeness (QED) is 0.464. The van der Waals surface area contributed by atoms with Gasteiger partial charge in [0.05, 0.1) is 0 Å². The first-order valence-corrected chi connectivity index (χ1v) is 12.7. The molecule has 1 N–H and O–H groups in total. The van der Waals surface area contributed by atoms with Gasteiger partial charge in [0.1, 0.15) is 11.7 Å². The largest absolute Gasteiger partial charge is 0.461 e. The SMILES string of the molecule is CCCCCC(=O)OC1CC(=O)C=C2CC[C@@H]3[C@@H]4CC[C@@](O)(C(C)=O)[C@@]4(C)CC[C@@H]3[C@]21C. The summed E-state index contributed by atoms with van der Waals surface area (Å²) in [5, 5.41) is 11.3. The van der Waals surface area contributed by atoms with Gasteiger partial charge in [-0.2, -0.15) is 0 Å². The molecule has 0 saturated heterocycles. The Hall–Kier alpha value is -1.49. The van der Waals surface area contributed by atoms with Crippen molar-refractivity contribution in [3.05, 3.63) is 11.6 Å². The average Bonchev–Trinajstić information content (AvgIpc) is 3.01. The Morgan fingerprint density at radius 3 is 2.53 bits per heavy atom. The highest BCUT2D eigenvalue weighted by Crippen LogP contribution is 2.67. The molecule has 0 heterocycles. The lowest BCUT2D eigenvalue weighted by molar-refractivity contribution is -0.174. The Morgan fingerprint density at radius 1 is 1.12 bits per heavy atom. The number of rotatable bonds is 6. The van der Waals surface area contributed by atoms with E-state index in [2.05, 4.69) is 20.8 Å². The van der Waals surface area contributed by atoms with Crippen LogP contribution in [0.2, 0.25) is 0 Å². The van der Waals surface area contributed by atoms with Crippen molar-refractivity contribution >= 4 is 17.5 Å². The number of aliphatic hydroxyl groups is 1. The molecule has 178 valence electrons. The Morgan fingerprint density at radius 2 is 1.84 bits per heavy atom. The summed E-state index contributed by atoms with van der Waals surface area (Å²) in [7, 11) is 0. The van der Waals surface area contributed by atoms with Crippen molar-refractivity contribution in [2.75, 3.05) is 0 Å². The Kier molecular flexibility index (Phi) is 6.19. The van der Waals surface area contributed by atoms with Crippen LogP contribution in [-0.4, -0.2) is 34.3 Å². The lowest BCUT2D eigenvalue weighted by Gasteiger charge is -2.60. The fourth-order valence-electron chi connectivity index (χ4n) is 8.08. The van der Waals surface area contributed by atoms with E-state index in [0.717, 1.165) is 56.9 Å². The maximum Gasteiger partial charge on any atom is 0.306 e. The third-order valence-electron chi connectivity index (χ3n) is 10.0. The zero-order chi connectivity index (χ0) is 23.3. The molecular weight excluding hydrogens is 404 g/mol. The lowest BCUT2D eigenvalue weighted by atomic mass is 9.45. The first-order chi connectivity index (χ1) is 15.1. The second-order valence-electron chi connectivity index (χ2n) is 11.4. The number of esters is 1. The molecule has 0 aromatic heterocycles. The molecule has 4 aliphatic rings. The summed E-state index contributed by atoms with van der Waals surface area (Å²) in [5.74, 6) is 0.732. The number of unbranched alkanes of at least 4 members (excludes halogenated alkanes) is 2. The number of fused-ring (bicyclic) bond motifs is 5. The minimum Gasteiger partial charge on any atom is -0.461 e. The topological polar surface area (TPSA) is 80.7 Å². The van der Waals surface area contributed by atoms with E-state index >= 15 is 0 Å². The summed E-state index contributed by atoms with van der Waals surface area (Å²) in [6.45, 7) is 7.97. The maximum absolute atomic E-state index is 12.6. The maximum atomic E-state index is 12.6. The van der Waals surface area contributed by atoms with Crippen LogP contribution in [0.25, 0.3) is 0 Å². The van der Waals surface area contributed by atoms with Crippen LogP contribution in [0.3, 0.4) is 0 Å². The van der Waals surface area contributed by atoms with E-state index < -0.39 is 17.1 Å². The van der Waals surface area contributed by atoms with E-state index in [4.69, 9.17) is 4.74 Å². The Balaban J connectivity index is 1.62. The van der Waals surface area contributed by atoms with E-state index in [1.165, 1.54) is 6.92 Å². The smallest absolute Gasteiger partial charge is 0.306 e. The standard InChI is InChI=1S/C27H40O5/c1-5-6-7-8-24(30)32-23-16-19(29)15-18-9-10-20-21-12-14-27(31,17(2)28)25(21,3)13-11-22(20)26(18,23)4/h15,20-23,31H,5-14,16H2,1-4H3/t20-,21+,22+,23?,25+,26+,27-/m1/s1. The van der Waals surface area contributed by atoms with Crippen molar-refractivity contribution in [1.82, 2.24) is 0 Å². The molecule has 0 aromatic carbocycles. The minimum absolute atomic E-state index is 0.0646. The first-order valence-electron chi connectivity index (χ1n) is 12.7. The van der Waals surface area contributed by atoms with Crippen molar-refractivity contribution in [3.63, 3.8) is 0 Å². The fourth-order valence-corrected chi connectivity index (χ4v) is 8.08. The fraction of sp³-hybridized carbons (Fsp3) is 0.815. The van der Waals surface area contributed by atoms with Gasteiger partial charge < -0.3 is 9.84 Å². The zero-order valence-electron chi connectivity index (χ0n) is 20.2. The number of Topliss-reactive ketones (excluding diaryl/α,β-unsaturated/α-hetero) is 1. The van der Waals surface area contributed by atoms with Crippen molar-refractivity contribution in [3.8, 4) is 0 Å². The highest BCUT2D eigenvalue weighted by atomic mass is 16.5. The number of hydrogen-bond acceptors (Lipinski definition) is 5. The van der Waals surface area contributed by atoms with Crippen LogP contribution in [0, 0.1) is 28.6 Å². The van der Waals surface area contributed by atoms with Gasteiger partial charge in [-0.05, 0) is 75.7 Å². The van der Waals surface area contributed by atoms with Gasteiger partial charge in [-0.25, -0.2) is 0 Å².